The number of rotatable bonds is 7. The Hall–Kier alpha value is -0.130. The van der Waals surface area contributed by atoms with Gasteiger partial charge in [-0.2, -0.15) is 0 Å². The third-order valence-corrected chi connectivity index (χ3v) is 3.93. The first-order chi connectivity index (χ1) is 7.16. The molecule has 0 heterocycles. The zero-order valence-electron chi connectivity index (χ0n) is 10.8. The fourth-order valence-corrected chi connectivity index (χ4v) is 2.82. The number of aliphatic hydroxyl groups is 1. The van der Waals surface area contributed by atoms with E-state index in [-0.39, 0.29) is 17.0 Å². The molecule has 5 heteroatoms. The highest BCUT2D eigenvalue weighted by atomic mass is 32.2. The van der Waals surface area contributed by atoms with Crippen LogP contribution in [0.25, 0.3) is 0 Å². The average Bonchev–Trinajstić information content (AvgIpc) is 2.10. The van der Waals surface area contributed by atoms with E-state index in [1.54, 1.807) is 0 Å². The number of aliphatic hydroxyl groups excluding tert-OH is 1. The Bertz CT molecular complexity index is 280. The van der Waals surface area contributed by atoms with Crippen molar-refractivity contribution in [3.63, 3.8) is 0 Å². The Morgan fingerprint density at radius 3 is 2.31 bits per heavy atom. The number of unbranched alkanes of at least 4 members (excludes halogenated alkanes) is 1. The second kappa shape index (κ2) is 6.57. The normalized spacial score (nSPS) is 15.1. The number of sulfone groups is 1. The molecule has 0 saturated carbocycles. The van der Waals surface area contributed by atoms with E-state index in [0.29, 0.717) is 13.0 Å². The summed E-state index contributed by atoms with van der Waals surface area (Å²) in [5, 5.41) is 12.7. The number of nitrogens with one attached hydrogen (secondary N) is 1. The lowest BCUT2D eigenvalue weighted by atomic mass is 10.1. The van der Waals surface area contributed by atoms with E-state index in [1.807, 2.05) is 27.7 Å². The van der Waals surface area contributed by atoms with Crippen molar-refractivity contribution in [2.75, 3.05) is 18.1 Å². The molecule has 0 bridgehead atoms. The minimum atomic E-state index is -3.10. The van der Waals surface area contributed by atoms with Gasteiger partial charge in [0.05, 0.1) is 17.6 Å². The molecule has 0 aromatic carbocycles. The van der Waals surface area contributed by atoms with Gasteiger partial charge in [0.15, 0.2) is 9.84 Å². The summed E-state index contributed by atoms with van der Waals surface area (Å²) in [5.41, 5.74) is -0.103. The van der Waals surface area contributed by atoms with Gasteiger partial charge in [-0.05, 0) is 27.2 Å². The smallest absolute Gasteiger partial charge is 0.152 e. The molecule has 0 amide bonds. The van der Waals surface area contributed by atoms with Crippen molar-refractivity contribution in [1.82, 2.24) is 5.32 Å². The Kier molecular flexibility index (Phi) is 6.51. The molecule has 4 nitrogen and oxygen atoms in total. The Labute approximate surface area is 99.4 Å². The van der Waals surface area contributed by atoms with Crippen LogP contribution in [0.3, 0.4) is 0 Å². The molecule has 0 aliphatic rings. The molecule has 0 saturated heterocycles. The van der Waals surface area contributed by atoms with E-state index >= 15 is 0 Å². The molecule has 0 rings (SSSR count). The van der Waals surface area contributed by atoms with E-state index < -0.39 is 15.9 Å². The van der Waals surface area contributed by atoms with Crippen LogP contribution in [0.1, 0.15) is 40.5 Å². The highest BCUT2D eigenvalue weighted by molar-refractivity contribution is 7.91. The molecule has 16 heavy (non-hydrogen) atoms. The molecular weight excluding hydrogens is 226 g/mol. The first-order valence-corrected chi connectivity index (χ1v) is 7.62. The van der Waals surface area contributed by atoms with Crippen molar-refractivity contribution in [3.8, 4) is 0 Å². The minimum Gasteiger partial charge on any atom is -0.391 e. The van der Waals surface area contributed by atoms with Crippen molar-refractivity contribution < 1.29 is 13.5 Å². The third-order valence-electron chi connectivity index (χ3n) is 2.12. The van der Waals surface area contributed by atoms with E-state index in [9.17, 15) is 13.5 Å². The molecule has 0 fully saturated rings. The lowest BCUT2D eigenvalue weighted by molar-refractivity contribution is 0.181. The van der Waals surface area contributed by atoms with Gasteiger partial charge < -0.3 is 10.4 Å². The molecular formula is C11H25NO3S. The number of hydrogen-bond acceptors (Lipinski definition) is 4. The SMILES string of the molecule is CCCCS(=O)(=O)CC(O)CNC(C)(C)C. The Balaban J connectivity index is 3.99. The first kappa shape index (κ1) is 15.9. The third kappa shape index (κ3) is 9.12. The van der Waals surface area contributed by atoms with E-state index in [1.165, 1.54) is 0 Å². The van der Waals surface area contributed by atoms with Crippen LogP contribution in [0.4, 0.5) is 0 Å². The van der Waals surface area contributed by atoms with E-state index in [2.05, 4.69) is 5.32 Å². The van der Waals surface area contributed by atoms with Crippen LogP contribution < -0.4 is 5.32 Å². The van der Waals surface area contributed by atoms with Gasteiger partial charge in [0, 0.05) is 12.1 Å². The van der Waals surface area contributed by atoms with Crippen molar-refractivity contribution in [3.05, 3.63) is 0 Å². The van der Waals surface area contributed by atoms with Crippen molar-refractivity contribution in [2.45, 2.75) is 52.2 Å². The predicted octanol–water partition coefficient (Wildman–Crippen LogP) is 0.950. The molecule has 1 unspecified atom stereocenters. The molecule has 0 aromatic heterocycles. The van der Waals surface area contributed by atoms with Crippen LogP contribution in [0, 0.1) is 0 Å². The number of hydrogen-bond donors (Lipinski definition) is 2. The van der Waals surface area contributed by atoms with Gasteiger partial charge in [-0.25, -0.2) is 8.42 Å². The predicted molar refractivity (Wildman–Crippen MR) is 67.3 cm³/mol. The maximum atomic E-state index is 11.5. The quantitative estimate of drug-likeness (QED) is 0.707. The van der Waals surface area contributed by atoms with Gasteiger partial charge in [-0.3, -0.25) is 0 Å². The second-order valence-electron chi connectivity index (χ2n) is 5.25. The minimum absolute atomic E-state index is 0.103. The molecule has 0 radical (unpaired) electrons. The molecule has 1 atom stereocenters. The highest BCUT2D eigenvalue weighted by Crippen LogP contribution is 2.02. The summed E-state index contributed by atoms with van der Waals surface area (Å²) in [6.45, 7) is 8.20. The van der Waals surface area contributed by atoms with Crippen LogP contribution in [-0.2, 0) is 9.84 Å². The summed E-state index contributed by atoms with van der Waals surface area (Å²) in [4.78, 5) is 0. The molecule has 0 aliphatic heterocycles. The van der Waals surface area contributed by atoms with Crippen LogP contribution in [0.2, 0.25) is 0 Å². The fourth-order valence-electron chi connectivity index (χ4n) is 1.22. The van der Waals surface area contributed by atoms with Crippen LogP contribution in [0.5, 0.6) is 0 Å². The lowest BCUT2D eigenvalue weighted by Gasteiger charge is -2.22. The summed E-state index contributed by atoms with van der Waals surface area (Å²) in [7, 11) is -3.10. The van der Waals surface area contributed by atoms with E-state index in [4.69, 9.17) is 0 Å². The van der Waals surface area contributed by atoms with Crippen molar-refractivity contribution >= 4 is 9.84 Å². The zero-order chi connectivity index (χ0) is 12.8. The van der Waals surface area contributed by atoms with Crippen molar-refractivity contribution in [2.24, 2.45) is 0 Å². The molecule has 2 N–H and O–H groups in total. The standard InChI is InChI=1S/C11H25NO3S/c1-5-6-7-16(14,15)9-10(13)8-12-11(2,3)4/h10,12-13H,5-9H2,1-4H3. The summed E-state index contributed by atoms with van der Waals surface area (Å²) >= 11 is 0. The molecule has 0 aliphatic carbocycles. The Morgan fingerprint density at radius 2 is 1.88 bits per heavy atom. The summed E-state index contributed by atoms with van der Waals surface area (Å²) in [6, 6.07) is 0. The van der Waals surface area contributed by atoms with Gasteiger partial charge >= 0.3 is 0 Å². The maximum Gasteiger partial charge on any atom is 0.152 e. The largest absolute Gasteiger partial charge is 0.391 e. The second-order valence-corrected chi connectivity index (χ2v) is 7.48. The van der Waals surface area contributed by atoms with Crippen LogP contribution in [0.15, 0.2) is 0 Å². The zero-order valence-corrected chi connectivity index (χ0v) is 11.6. The summed E-state index contributed by atoms with van der Waals surface area (Å²) < 4.78 is 23.1. The highest BCUT2D eigenvalue weighted by Gasteiger charge is 2.18. The van der Waals surface area contributed by atoms with Gasteiger partial charge in [0.25, 0.3) is 0 Å². The summed E-state index contributed by atoms with van der Waals surface area (Å²) in [5.74, 6) is 0.0339. The summed E-state index contributed by atoms with van der Waals surface area (Å²) in [6.07, 6.45) is 0.707. The molecule has 0 spiro atoms. The maximum absolute atomic E-state index is 11.5. The van der Waals surface area contributed by atoms with Gasteiger partial charge in [-0.1, -0.05) is 13.3 Å². The fraction of sp³-hybridized carbons (Fsp3) is 1.00. The molecule has 98 valence electrons. The first-order valence-electron chi connectivity index (χ1n) is 5.80. The van der Waals surface area contributed by atoms with Gasteiger partial charge in [-0.15, -0.1) is 0 Å². The van der Waals surface area contributed by atoms with E-state index in [0.717, 1.165) is 6.42 Å². The van der Waals surface area contributed by atoms with Crippen molar-refractivity contribution in [1.29, 1.82) is 0 Å². The Morgan fingerprint density at radius 1 is 1.31 bits per heavy atom. The topological polar surface area (TPSA) is 66.4 Å². The average molecular weight is 251 g/mol. The van der Waals surface area contributed by atoms with Gasteiger partial charge in [0.2, 0.25) is 0 Å². The lowest BCUT2D eigenvalue weighted by Crippen LogP contribution is -2.43. The molecule has 0 aromatic rings. The van der Waals surface area contributed by atoms with Crippen LogP contribution >= 0.6 is 0 Å². The van der Waals surface area contributed by atoms with Gasteiger partial charge in [0.1, 0.15) is 0 Å². The van der Waals surface area contributed by atoms with Crippen LogP contribution in [-0.4, -0.2) is 43.2 Å². The monoisotopic (exact) mass is 251 g/mol. The number of β-amino-alcohol motifs (C(OH)–C–C–N with tert-alkyl or cyclic N) is 1.